The van der Waals surface area contributed by atoms with Crippen LogP contribution in [0.3, 0.4) is 0 Å². The first-order valence-electron chi connectivity index (χ1n) is 2.44. The van der Waals surface area contributed by atoms with Crippen molar-refractivity contribution >= 4 is 44.7 Å². The molecule has 0 atom stereocenters. The molecule has 0 saturated heterocycles. The summed E-state index contributed by atoms with van der Waals surface area (Å²) >= 11 is 9.81. The number of ketones is 1. The van der Waals surface area contributed by atoms with Crippen molar-refractivity contribution in [3.05, 3.63) is 15.0 Å². The lowest BCUT2D eigenvalue weighted by atomic mass is 10.4. The number of hydrogen-bond acceptors (Lipinski definition) is 3. The summed E-state index contributed by atoms with van der Waals surface area (Å²) in [5.41, 5.74) is 0.437. The minimum atomic E-state index is -0.136. The van der Waals surface area contributed by atoms with Crippen LogP contribution in [0, 0.1) is 0 Å². The fourth-order valence-electron chi connectivity index (χ4n) is 0.448. The highest BCUT2D eigenvalue weighted by Crippen LogP contribution is 2.16. The molecule has 0 aliphatic rings. The Morgan fingerprint density at radius 2 is 2.60 bits per heavy atom. The largest absolute Gasteiger partial charge is 0.291 e. The van der Waals surface area contributed by atoms with E-state index in [-0.39, 0.29) is 11.7 Å². The van der Waals surface area contributed by atoms with Gasteiger partial charge in [0.2, 0.25) is 0 Å². The summed E-state index contributed by atoms with van der Waals surface area (Å²) in [6.45, 7) is 0. The van der Waals surface area contributed by atoms with Gasteiger partial charge in [0.25, 0.3) is 0 Å². The van der Waals surface area contributed by atoms with Crippen molar-refractivity contribution in [2.75, 3.05) is 5.88 Å². The first kappa shape index (κ1) is 8.17. The van der Waals surface area contributed by atoms with Gasteiger partial charge in [0.05, 0.1) is 5.88 Å². The predicted molar refractivity (Wildman–Crippen MR) is 44.9 cm³/mol. The smallest absolute Gasteiger partial charge is 0.196 e. The molecule has 0 saturated carbocycles. The van der Waals surface area contributed by atoms with Crippen LogP contribution in [0.4, 0.5) is 0 Å². The fraction of sp³-hybridized carbons (Fsp3) is 0.200. The molecule has 0 fully saturated rings. The monoisotopic (exact) mass is 239 g/mol. The van der Waals surface area contributed by atoms with Crippen LogP contribution in [-0.4, -0.2) is 16.6 Å². The summed E-state index contributed by atoms with van der Waals surface area (Å²) in [5, 5.41) is 1.68. The Labute approximate surface area is 75.4 Å². The molecule has 0 aliphatic heterocycles. The highest BCUT2D eigenvalue weighted by atomic mass is 79.9. The third-order valence-electron chi connectivity index (χ3n) is 0.883. The number of halogens is 2. The summed E-state index contributed by atoms with van der Waals surface area (Å²) in [6.07, 6.45) is 0. The van der Waals surface area contributed by atoms with Gasteiger partial charge < -0.3 is 0 Å². The van der Waals surface area contributed by atoms with Gasteiger partial charge in [-0.2, -0.15) is 0 Å². The number of alkyl halides is 1. The molecule has 1 rings (SSSR count). The zero-order valence-corrected chi connectivity index (χ0v) is 7.96. The lowest BCUT2D eigenvalue weighted by molar-refractivity contribution is 0.101. The van der Waals surface area contributed by atoms with Crippen LogP contribution >= 0.6 is 38.9 Å². The third-order valence-corrected chi connectivity index (χ3v) is 2.49. The van der Waals surface area contributed by atoms with E-state index in [1.807, 2.05) is 0 Å². The topological polar surface area (TPSA) is 30.0 Å². The zero-order valence-electron chi connectivity index (χ0n) is 4.80. The molecule has 0 bridgehead atoms. The van der Waals surface area contributed by atoms with Gasteiger partial charge in [0, 0.05) is 5.38 Å². The molecule has 1 heterocycles. The van der Waals surface area contributed by atoms with E-state index < -0.39 is 0 Å². The molecule has 5 heteroatoms. The van der Waals surface area contributed by atoms with Gasteiger partial charge >= 0.3 is 0 Å². The van der Waals surface area contributed by atoms with Crippen LogP contribution in [0.25, 0.3) is 0 Å². The highest BCUT2D eigenvalue weighted by molar-refractivity contribution is 9.11. The minimum absolute atomic E-state index is 0.00380. The van der Waals surface area contributed by atoms with Crippen LogP contribution in [0.15, 0.2) is 9.30 Å². The summed E-state index contributed by atoms with van der Waals surface area (Å²) in [7, 11) is 0. The van der Waals surface area contributed by atoms with Crippen LogP contribution < -0.4 is 0 Å². The molecular weight excluding hydrogens is 237 g/mol. The molecule has 0 amide bonds. The number of hydrogen-bond donors (Lipinski definition) is 0. The molecule has 0 spiro atoms. The van der Waals surface area contributed by atoms with Crippen LogP contribution in [0.5, 0.6) is 0 Å². The van der Waals surface area contributed by atoms with Gasteiger partial charge in [-0.3, -0.25) is 4.79 Å². The normalized spacial score (nSPS) is 9.80. The molecule has 1 aromatic heterocycles. The number of carbonyl (C=O) groups is 1. The van der Waals surface area contributed by atoms with E-state index in [1.165, 1.54) is 11.3 Å². The van der Waals surface area contributed by atoms with Crippen molar-refractivity contribution in [3.8, 4) is 0 Å². The molecule has 10 heavy (non-hydrogen) atoms. The van der Waals surface area contributed by atoms with Gasteiger partial charge in [0.1, 0.15) is 5.69 Å². The van der Waals surface area contributed by atoms with Crippen molar-refractivity contribution in [2.45, 2.75) is 0 Å². The van der Waals surface area contributed by atoms with E-state index in [4.69, 9.17) is 11.6 Å². The highest BCUT2D eigenvalue weighted by Gasteiger charge is 2.06. The standard InChI is InChI=1S/C5H3BrClNOS/c6-5-8-3(2-10-5)4(9)1-7/h2H,1H2. The Bertz CT molecular complexity index is 250. The van der Waals surface area contributed by atoms with E-state index in [2.05, 4.69) is 20.9 Å². The Hall–Kier alpha value is 0.0700. The van der Waals surface area contributed by atoms with Crippen molar-refractivity contribution in [1.29, 1.82) is 0 Å². The summed E-state index contributed by atoms with van der Waals surface area (Å²) < 4.78 is 0.709. The van der Waals surface area contributed by atoms with Crippen molar-refractivity contribution < 1.29 is 4.79 Å². The lowest BCUT2D eigenvalue weighted by Crippen LogP contribution is -1.99. The van der Waals surface area contributed by atoms with E-state index in [0.29, 0.717) is 9.61 Å². The van der Waals surface area contributed by atoms with E-state index in [9.17, 15) is 4.79 Å². The molecule has 0 radical (unpaired) electrons. The Morgan fingerprint density at radius 3 is 3.00 bits per heavy atom. The van der Waals surface area contributed by atoms with E-state index in [0.717, 1.165) is 0 Å². The van der Waals surface area contributed by atoms with Crippen LogP contribution in [-0.2, 0) is 0 Å². The number of nitrogens with zero attached hydrogens (tertiary/aromatic N) is 1. The molecule has 0 aliphatic carbocycles. The maximum Gasteiger partial charge on any atom is 0.196 e. The van der Waals surface area contributed by atoms with E-state index in [1.54, 1.807) is 5.38 Å². The van der Waals surface area contributed by atoms with Crippen LogP contribution in [0.1, 0.15) is 10.5 Å². The van der Waals surface area contributed by atoms with Crippen molar-refractivity contribution in [3.63, 3.8) is 0 Å². The number of aromatic nitrogens is 1. The van der Waals surface area contributed by atoms with Gasteiger partial charge in [-0.05, 0) is 15.9 Å². The maximum absolute atomic E-state index is 10.8. The Balaban J connectivity index is 2.85. The summed E-state index contributed by atoms with van der Waals surface area (Å²) in [6, 6.07) is 0. The second-order valence-electron chi connectivity index (χ2n) is 1.54. The summed E-state index contributed by atoms with van der Waals surface area (Å²) in [5.74, 6) is -0.139. The van der Waals surface area contributed by atoms with Crippen molar-refractivity contribution in [1.82, 2.24) is 4.98 Å². The molecule has 0 aromatic carbocycles. The average molecular weight is 241 g/mol. The summed E-state index contributed by atoms with van der Waals surface area (Å²) in [4.78, 5) is 14.7. The Morgan fingerprint density at radius 1 is 1.90 bits per heavy atom. The molecule has 2 nitrogen and oxygen atoms in total. The van der Waals surface area contributed by atoms with Gasteiger partial charge in [0.15, 0.2) is 9.70 Å². The van der Waals surface area contributed by atoms with Gasteiger partial charge in [-0.1, -0.05) is 0 Å². The van der Waals surface area contributed by atoms with E-state index >= 15 is 0 Å². The van der Waals surface area contributed by atoms with Crippen LogP contribution in [0.2, 0.25) is 0 Å². The minimum Gasteiger partial charge on any atom is -0.291 e. The predicted octanol–water partition coefficient (Wildman–Crippen LogP) is 2.33. The SMILES string of the molecule is O=C(CCl)c1csc(Br)n1. The van der Waals surface area contributed by atoms with Gasteiger partial charge in [-0.25, -0.2) is 4.98 Å². The average Bonchev–Trinajstić information content (AvgIpc) is 2.34. The Kier molecular flexibility index (Phi) is 2.82. The number of carbonyl (C=O) groups excluding carboxylic acids is 1. The molecule has 54 valence electrons. The first-order chi connectivity index (χ1) is 4.74. The van der Waals surface area contributed by atoms with Crippen molar-refractivity contribution in [2.24, 2.45) is 0 Å². The number of Topliss-reactive ketones (excluding diaryl/α,β-unsaturated/α-hetero) is 1. The molecular formula is C5H3BrClNOS. The number of rotatable bonds is 2. The maximum atomic E-state index is 10.8. The zero-order chi connectivity index (χ0) is 7.56. The lowest BCUT2D eigenvalue weighted by Gasteiger charge is -1.84. The first-order valence-corrected chi connectivity index (χ1v) is 4.65. The molecule has 1 aromatic rings. The molecule has 0 N–H and O–H groups in total. The quantitative estimate of drug-likeness (QED) is 0.587. The second-order valence-corrected chi connectivity index (χ2v) is 3.94. The molecule has 0 unspecified atom stereocenters. The fourth-order valence-corrected chi connectivity index (χ4v) is 1.60. The van der Waals surface area contributed by atoms with Gasteiger partial charge in [-0.15, -0.1) is 22.9 Å². The second kappa shape index (κ2) is 3.46. The third kappa shape index (κ3) is 1.78. The number of thiazole rings is 1.